The quantitative estimate of drug-likeness (QED) is 0.412. The predicted molar refractivity (Wildman–Crippen MR) is 123 cm³/mol. The Balaban J connectivity index is 1.91. The van der Waals surface area contributed by atoms with Crippen LogP contribution in [0.1, 0.15) is 82.1 Å². The van der Waals surface area contributed by atoms with Crippen molar-refractivity contribution in [1.82, 2.24) is 0 Å². The van der Waals surface area contributed by atoms with E-state index in [4.69, 9.17) is 0 Å². The normalized spacial score (nSPS) is 14.5. The van der Waals surface area contributed by atoms with E-state index in [0.717, 1.165) is 17.7 Å². The fourth-order valence-electron chi connectivity index (χ4n) is 3.96. The highest BCUT2D eigenvalue weighted by atomic mass is 15.3. The van der Waals surface area contributed by atoms with Gasteiger partial charge in [0.25, 0.3) is 0 Å². The van der Waals surface area contributed by atoms with Crippen LogP contribution in [-0.4, -0.2) is 6.21 Å². The molecule has 0 heterocycles. The zero-order valence-electron chi connectivity index (χ0n) is 18.0. The van der Waals surface area contributed by atoms with Crippen molar-refractivity contribution >= 4 is 17.5 Å². The lowest BCUT2D eigenvalue weighted by Crippen LogP contribution is -2.04. The van der Waals surface area contributed by atoms with E-state index in [1.54, 1.807) is 0 Å². The molecule has 2 nitrogen and oxygen atoms in total. The first-order valence-corrected chi connectivity index (χ1v) is 10.3. The molecule has 1 aliphatic rings. The summed E-state index contributed by atoms with van der Waals surface area (Å²) < 4.78 is 0. The lowest BCUT2D eigenvalue weighted by atomic mass is 9.93. The zero-order chi connectivity index (χ0) is 20.3. The van der Waals surface area contributed by atoms with E-state index in [2.05, 4.69) is 101 Å². The molecule has 2 aromatic carbocycles. The summed E-state index contributed by atoms with van der Waals surface area (Å²) in [6.45, 7) is 13.3. The Labute approximate surface area is 170 Å². The molecule has 0 spiro atoms. The summed E-state index contributed by atoms with van der Waals surface area (Å²) in [7, 11) is 0. The molecule has 0 saturated heterocycles. The van der Waals surface area contributed by atoms with Crippen molar-refractivity contribution in [2.45, 2.75) is 59.8 Å². The fraction of sp³-hybridized carbons (Fsp3) is 0.346. The van der Waals surface area contributed by atoms with Crippen LogP contribution < -0.4 is 5.43 Å². The minimum atomic E-state index is 0.448. The number of para-hydroxylation sites is 1. The number of allylic oxidation sites excluding steroid dienone is 4. The molecule has 2 aromatic rings. The molecule has 28 heavy (non-hydrogen) atoms. The number of hydrogen-bond acceptors (Lipinski definition) is 2. The molecular weight excluding hydrogens is 340 g/mol. The third-order valence-electron chi connectivity index (χ3n) is 5.43. The number of hydrazone groups is 1. The summed E-state index contributed by atoms with van der Waals surface area (Å²) >= 11 is 0. The number of anilines is 1. The van der Waals surface area contributed by atoms with Gasteiger partial charge in [0.2, 0.25) is 0 Å². The molecule has 0 bridgehead atoms. The van der Waals surface area contributed by atoms with Gasteiger partial charge in [-0.2, -0.15) is 5.10 Å². The molecule has 0 atom stereocenters. The lowest BCUT2D eigenvalue weighted by molar-refractivity contribution is 0.835. The lowest BCUT2D eigenvalue weighted by Gasteiger charge is -2.18. The van der Waals surface area contributed by atoms with Crippen LogP contribution in [0.15, 0.2) is 64.8 Å². The average molecular weight is 373 g/mol. The van der Waals surface area contributed by atoms with Crippen LogP contribution in [0, 0.1) is 0 Å². The van der Waals surface area contributed by atoms with Gasteiger partial charge in [0.15, 0.2) is 0 Å². The monoisotopic (exact) mass is 372 g/mol. The van der Waals surface area contributed by atoms with Gasteiger partial charge in [-0.25, -0.2) is 0 Å². The molecule has 0 aliphatic heterocycles. The van der Waals surface area contributed by atoms with Crippen LogP contribution in [-0.2, 0) is 0 Å². The third-order valence-corrected chi connectivity index (χ3v) is 5.43. The van der Waals surface area contributed by atoms with E-state index in [1.807, 2.05) is 6.21 Å². The van der Waals surface area contributed by atoms with Gasteiger partial charge in [0, 0.05) is 5.56 Å². The fourth-order valence-corrected chi connectivity index (χ4v) is 3.96. The average Bonchev–Trinajstić information content (AvgIpc) is 2.99. The van der Waals surface area contributed by atoms with Crippen molar-refractivity contribution in [1.29, 1.82) is 0 Å². The second kappa shape index (κ2) is 8.60. The molecule has 0 unspecified atom stereocenters. The van der Waals surface area contributed by atoms with Gasteiger partial charge >= 0.3 is 0 Å². The summed E-state index contributed by atoms with van der Waals surface area (Å²) in [5.41, 5.74) is 13.8. The Morgan fingerprint density at radius 2 is 1.54 bits per heavy atom. The maximum Gasteiger partial charge on any atom is 0.0630 e. The van der Waals surface area contributed by atoms with Crippen molar-refractivity contribution in [2.24, 2.45) is 5.10 Å². The molecule has 146 valence electrons. The molecule has 0 aromatic heterocycles. The molecule has 0 saturated carbocycles. The summed E-state index contributed by atoms with van der Waals surface area (Å²) in [5.74, 6) is 0.896. The minimum absolute atomic E-state index is 0.448. The highest BCUT2D eigenvalue weighted by molar-refractivity contribution is 5.91. The third kappa shape index (κ3) is 4.27. The zero-order valence-corrected chi connectivity index (χ0v) is 18.0. The molecule has 0 amide bonds. The maximum atomic E-state index is 4.66. The van der Waals surface area contributed by atoms with Crippen molar-refractivity contribution < 1.29 is 0 Å². The Bertz CT molecular complexity index is 916. The van der Waals surface area contributed by atoms with Crippen molar-refractivity contribution in [3.63, 3.8) is 0 Å². The van der Waals surface area contributed by atoms with Gasteiger partial charge < -0.3 is 0 Å². The largest absolute Gasteiger partial charge is 0.278 e. The van der Waals surface area contributed by atoms with Gasteiger partial charge in [-0.05, 0) is 59.9 Å². The van der Waals surface area contributed by atoms with Gasteiger partial charge in [-0.15, -0.1) is 0 Å². The van der Waals surface area contributed by atoms with Crippen molar-refractivity contribution in [2.75, 3.05) is 5.43 Å². The molecule has 0 fully saturated rings. The number of rotatable bonds is 6. The van der Waals surface area contributed by atoms with E-state index < -0.39 is 0 Å². The first-order valence-electron chi connectivity index (χ1n) is 10.3. The summed E-state index contributed by atoms with van der Waals surface area (Å²) in [5, 5.41) is 4.66. The van der Waals surface area contributed by atoms with E-state index in [-0.39, 0.29) is 0 Å². The number of nitrogens with one attached hydrogen (secondary N) is 1. The maximum absolute atomic E-state index is 4.66. The first-order chi connectivity index (χ1) is 13.4. The topological polar surface area (TPSA) is 24.4 Å². The minimum Gasteiger partial charge on any atom is -0.278 e. The van der Waals surface area contributed by atoms with Gasteiger partial charge in [-0.1, -0.05) is 81.8 Å². The first kappa shape index (κ1) is 20.1. The second-order valence-electron chi connectivity index (χ2n) is 8.41. The van der Waals surface area contributed by atoms with E-state index in [1.165, 1.54) is 33.4 Å². The Kier molecular flexibility index (Phi) is 6.18. The molecule has 1 N–H and O–H groups in total. The second-order valence-corrected chi connectivity index (χ2v) is 8.41. The van der Waals surface area contributed by atoms with Crippen molar-refractivity contribution in [3.8, 4) is 0 Å². The molecule has 2 heteroatoms. The highest BCUT2D eigenvalue weighted by Gasteiger charge is 2.15. The number of hydrogen-bond donors (Lipinski definition) is 1. The molecule has 0 radical (unpaired) electrons. The van der Waals surface area contributed by atoms with Crippen LogP contribution in [0.4, 0.5) is 5.69 Å². The van der Waals surface area contributed by atoms with Crippen LogP contribution in [0.2, 0.25) is 0 Å². The predicted octanol–water partition coefficient (Wildman–Crippen LogP) is 7.50. The van der Waals surface area contributed by atoms with E-state index in [9.17, 15) is 0 Å². The molecule has 3 rings (SSSR count). The Hall–Kier alpha value is -2.61. The van der Waals surface area contributed by atoms with Gasteiger partial charge in [0.05, 0.1) is 11.9 Å². The Morgan fingerprint density at radius 3 is 2.11 bits per heavy atom. The van der Waals surface area contributed by atoms with Crippen LogP contribution in [0.25, 0.3) is 5.57 Å². The Morgan fingerprint density at radius 1 is 0.893 bits per heavy atom. The molecular formula is C26H32N2. The van der Waals surface area contributed by atoms with Gasteiger partial charge in [0.1, 0.15) is 0 Å². The SMILES string of the molecule is CC1=CC(C)=C(c2ccccc2/C=N/Nc2c(C(C)C)cccc2C(C)C)C1. The van der Waals surface area contributed by atoms with Crippen LogP contribution >= 0.6 is 0 Å². The number of nitrogens with zero attached hydrogens (tertiary/aromatic N) is 1. The standard InChI is InChI=1S/C26H32N2/c1-17(2)22-12-9-13-23(18(3)4)26(22)28-27-16-21-10-7-8-11-24(21)25-15-19(5)14-20(25)6/h7-14,16-18,28H,15H2,1-6H3/b27-16+. The highest BCUT2D eigenvalue weighted by Crippen LogP contribution is 2.34. The summed E-state index contributed by atoms with van der Waals surface area (Å²) in [6.07, 6.45) is 5.28. The van der Waals surface area contributed by atoms with Crippen LogP contribution in [0.3, 0.4) is 0 Å². The van der Waals surface area contributed by atoms with E-state index >= 15 is 0 Å². The van der Waals surface area contributed by atoms with Gasteiger partial charge in [-0.3, -0.25) is 5.43 Å². The van der Waals surface area contributed by atoms with E-state index in [0.29, 0.717) is 11.8 Å². The smallest absolute Gasteiger partial charge is 0.0630 e. The summed E-state index contributed by atoms with van der Waals surface area (Å²) in [6, 6.07) is 15.1. The van der Waals surface area contributed by atoms with Crippen molar-refractivity contribution in [3.05, 3.63) is 81.9 Å². The molecule has 1 aliphatic carbocycles. The summed E-state index contributed by atoms with van der Waals surface area (Å²) in [4.78, 5) is 0. The number of benzene rings is 2. The van der Waals surface area contributed by atoms with Crippen LogP contribution in [0.5, 0.6) is 0 Å².